The molecule has 0 radical (unpaired) electrons. The molecule has 0 spiro atoms. The van der Waals surface area contributed by atoms with E-state index in [4.69, 9.17) is 4.74 Å². The maximum Gasteiger partial charge on any atom is 0.254 e. The average Bonchev–Trinajstić information content (AvgIpc) is 2.63. The van der Waals surface area contributed by atoms with Crippen LogP contribution in [0.4, 0.5) is 0 Å². The third-order valence-electron chi connectivity index (χ3n) is 4.75. The average molecular weight is 354 g/mol. The minimum Gasteiger partial charge on any atom is -0.508 e. The fourth-order valence-corrected chi connectivity index (χ4v) is 3.51. The number of aryl methyl sites for hydroxylation is 1. The third-order valence-corrected chi connectivity index (χ3v) is 4.75. The summed E-state index contributed by atoms with van der Waals surface area (Å²) in [7, 11) is 4.01. The number of phenolic OH excluding ortho intramolecular Hbond substituents is 1. The number of likely N-dealkylation sites (N-methyl/N-ethyl adjacent to an activating group) is 1. The van der Waals surface area contributed by atoms with Crippen LogP contribution in [0.1, 0.15) is 27.5 Å². The summed E-state index contributed by atoms with van der Waals surface area (Å²) >= 11 is 0. The molecule has 2 aromatic carbocycles. The smallest absolute Gasteiger partial charge is 0.254 e. The van der Waals surface area contributed by atoms with Gasteiger partial charge in [0.05, 0.1) is 18.8 Å². The first-order valence-corrected chi connectivity index (χ1v) is 8.89. The highest BCUT2D eigenvalue weighted by molar-refractivity contribution is 5.96. The highest BCUT2D eigenvalue weighted by Gasteiger charge is 2.37. The van der Waals surface area contributed by atoms with Crippen LogP contribution in [0, 0.1) is 6.92 Å². The molecule has 26 heavy (non-hydrogen) atoms. The zero-order valence-corrected chi connectivity index (χ0v) is 15.6. The fourth-order valence-electron chi connectivity index (χ4n) is 3.51. The Hall–Kier alpha value is -2.37. The van der Waals surface area contributed by atoms with E-state index in [1.54, 1.807) is 18.2 Å². The molecule has 3 rings (SSSR count). The SMILES string of the molecule is Cc1ccc(O)cc1C(=O)N1CCO[C@@H](CN(C)C)[C@@H]1c1ccccc1. The van der Waals surface area contributed by atoms with Crippen molar-refractivity contribution >= 4 is 5.91 Å². The van der Waals surface area contributed by atoms with E-state index in [1.807, 2.05) is 56.3 Å². The van der Waals surface area contributed by atoms with Crippen molar-refractivity contribution in [3.63, 3.8) is 0 Å². The van der Waals surface area contributed by atoms with E-state index in [9.17, 15) is 9.90 Å². The standard InChI is InChI=1S/C21H26N2O3/c1-15-9-10-17(24)13-18(15)21(25)23-11-12-26-19(14-22(2)3)20(23)16-7-5-4-6-8-16/h4-10,13,19-20,24H,11-12,14H2,1-3H3/t19-,20-/m0/s1. The molecule has 0 unspecified atom stereocenters. The van der Waals surface area contributed by atoms with Gasteiger partial charge in [0.1, 0.15) is 5.75 Å². The van der Waals surface area contributed by atoms with Crippen LogP contribution in [0.5, 0.6) is 5.75 Å². The monoisotopic (exact) mass is 354 g/mol. The van der Waals surface area contributed by atoms with E-state index in [-0.39, 0.29) is 23.8 Å². The summed E-state index contributed by atoms with van der Waals surface area (Å²) in [5.74, 6) is 0.0348. The molecule has 0 bridgehead atoms. The summed E-state index contributed by atoms with van der Waals surface area (Å²) < 4.78 is 6.04. The number of hydrogen-bond acceptors (Lipinski definition) is 4. The lowest BCUT2D eigenvalue weighted by Crippen LogP contribution is -2.51. The first-order valence-electron chi connectivity index (χ1n) is 8.89. The summed E-state index contributed by atoms with van der Waals surface area (Å²) in [5, 5.41) is 9.84. The van der Waals surface area contributed by atoms with Crippen LogP contribution < -0.4 is 0 Å². The lowest BCUT2D eigenvalue weighted by atomic mass is 9.96. The Morgan fingerprint density at radius 2 is 1.96 bits per heavy atom. The number of morpholine rings is 1. The molecular formula is C21H26N2O3. The number of phenols is 1. The number of aromatic hydroxyl groups is 1. The van der Waals surface area contributed by atoms with Gasteiger partial charge in [-0.2, -0.15) is 0 Å². The van der Waals surface area contributed by atoms with Crippen LogP contribution in [-0.2, 0) is 4.74 Å². The summed E-state index contributed by atoms with van der Waals surface area (Å²) in [4.78, 5) is 17.3. The fraction of sp³-hybridized carbons (Fsp3) is 0.381. The van der Waals surface area contributed by atoms with Gasteiger partial charge in [-0.3, -0.25) is 4.79 Å². The molecule has 0 saturated carbocycles. The van der Waals surface area contributed by atoms with E-state index in [1.165, 1.54) is 0 Å². The van der Waals surface area contributed by atoms with Crippen molar-refractivity contribution in [3.05, 3.63) is 65.2 Å². The zero-order chi connectivity index (χ0) is 18.7. The molecule has 2 aromatic rings. The quantitative estimate of drug-likeness (QED) is 0.917. The maximum atomic E-state index is 13.3. The predicted octanol–water partition coefficient (Wildman–Crippen LogP) is 2.84. The summed E-state index contributed by atoms with van der Waals surface area (Å²) in [6, 6.07) is 14.8. The molecule has 2 atom stereocenters. The Kier molecular flexibility index (Phi) is 5.59. The molecule has 0 aliphatic carbocycles. The zero-order valence-electron chi connectivity index (χ0n) is 15.6. The largest absolute Gasteiger partial charge is 0.508 e. The molecule has 1 aliphatic rings. The molecule has 5 heteroatoms. The molecule has 1 saturated heterocycles. The van der Waals surface area contributed by atoms with Crippen LogP contribution in [-0.4, -0.2) is 60.7 Å². The number of carbonyl (C=O) groups is 1. The van der Waals surface area contributed by atoms with Crippen molar-refractivity contribution in [2.24, 2.45) is 0 Å². The van der Waals surface area contributed by atoms with Crippen molar-refractivity contribution < 1.29 is 14.6 Å². The number of amides is 1. The predicted molar refractivity (Wildman–Crippen MR) is 101 cm³/mol. The van der Waals surface area contributed by atoms with Crippen LogP contribution in [0.2, 0.25) is 0 Å². The Bertz CT molecular complexity index is 761. The molecule has 1 fully saturated rings. The first kappa shape index (κ1) is 18.4. The number of nitrogens with zero attached hydrogens (tertiary/aromatic N) is 2. The number of hydrogen-bond donors (Lipinski definition) is 1. The van der Waals surface area contributed by atoms with Crippen LogP contribution in [0.3, 0.4) is 0 Å². The minimum atomic E-state index is -0.165. The molecule has 1 N–H and O–H groups in total. The van der Waals surface area contributed by atoms with Gasteiger partial charge < -0.3 is 19.6 Å². The first-order chi connectivity index (χ1) is 12.5. The lowest BCUT2D eigenvalue weighted by molar-refractivity contribution is -0.0684. The summed E-state index contributed by atoms with van der Waals surface area (Å²) in [5.41, 5.74) is 2.46. The van der Waals surface area contributed by atoms with Crippen molar-refractivity contribution in [3.8, 4) is 5.75 Å². The van der Waals surface area contributed by atoms with E-state index in [2.05, 4.69) is 4.90 Å². The molecule has 1 amide bonds. The Labute approximate surface area is 154 Å². The van der Waals surface area contributed by atoms with Crippen LogP contribution >= 0.6 is 0 Å². The van der Waals surface area contributed by atoms with Gasteiger partial charge in [-0.15, -0.1) is 0 Å². The van der Waals surface area contributed by atoms with E-state index in [0.29, 0.717) is 18.7 Å². The second-order valence-electron chi connectivity index (χ2n) is 7.02. The van der Waals surface area contributed by atoms with Gasteiger partial charge in [0, 0.05) is 18.7 Å². The Balaban J connectivity index is 1.99. The number of rotatable bonds is 4. The van der Waals surface area contributed by atoms with Crippen molar-refractivity contribution in [2.75, 3.05) is 33.8 Å². The van der Waals surface area contributed by atoms with E-state index < -0.39 is 0 Å². The second-order valence-corrected chi connectivity index (χ2v) is 7.02. The van der Waals surface area contributed by atoms with Gasteiger partial charge in [0.25, 0.3) is 5.91 Å². The molecule has 138 valence electrons. The third kappa shape index (κ3) is 3.89. The van der Waals surface area contributed by atoms with Crippen molar-refractivity contribution in [2.45, 2.75) is 19.1 Å². The second kappa shape index (κ2) is 7.89. The normalized spacial score (nSPS) is 20.4. The molecule has 5 nitrogen and oxygen atoms in total. The van der Waals surface area contributed by atoms with Gasteiger partial charge in [0.2, 0.25) is 0 Å². The molecular weight excluding hydrogens is 328 g/mol. The molecule has 1 heterocycles. The summed E-state index contributed by atoms with van der Waals surface area (Å²) in [6.07, 6.45) is -0.109. The topological polar surface area (TPSA) is 53.0 Å². The van der Waals surface area contributed by atoms with Crippen molar-refractivity contribution in [1.29, 1.82) is 0 Å². The molecule has 0 aromatic heterocycles. The van der Waals surface area contributed by atoms with E-state index in [0.717, 1.165) is 17.7 Å². The van der Waals surface area contributed by atoms with Gasteiger partial charge in [-0.05, 0) is 44.3 Å². The van der Waals surface area contributed by atoms with Gasteiger partial charge in [0.15, 0.2) is 0 Å². The maximum absolute atomic E-state index is 13.3. The Morgan fingerprint density at radius 1 is 1.23 bits per heavy atom. The lowest BCUT2D eigenvalue weighted by Gasteiger charge is -2.42. The highest BCUT2D eigenvalue weighted by atomic mass is 16.5. The number of benzene rings is 2. The highest BCUT2D eigenvalue weighted by Crippen LogP contribution is 2.32. The summed E-state index contributed by atoms with van der Waals surface area (Å²) in [6.45, 7) is 3.65. The van der Waals surface area contributed by atoms with Crippen LogP contribution in [0.25, 0.3) is 0 Å². The van der Waals surface area contributed by atoms with Crippen molar-refractivity contribution in [1.82, 2.24) is 9.80 Å². The number of ether oxygens (including phenoxy) is 1. The van der Waals surface area contributed by atoms with Crippen LogP contribution in [0.15, 0.2) is 48.5 Å². The Morgan fingerprint density at radius 3 is 2.65 bits per heavy atom. The van der Waals surface area contributed by atoms with Gasteiger partial charge in [-0.25, -0.2) is 0 Å². The minimum absolute atomic E-state index is 0.0701. The molecule has 1 aliphatic heterocycles. The van der Waals surface area contributed by atoms with E-state index >= 15 is 0 Å². The number of carbonyl (C=O) groups excluding carboxylic acids is 1. The van der Waals surface area contributed by atoms with Gasteiger partial charge >= 0.3 is 0 Å². The van der Waals surface area contributed by atoms with Gasteiger partial charge in [-0.1, -0.05) is 36.4 Å².